The molecule has 5 heteroatoms. The summed E-state index contributed by atoms with van der Waals surface area (Å²) in [6, 6.07) is -0.407. The summed E-state index contributed by atoms with van der Waals surface area (Å²) in [5.41, 5.74) is 2.14. The molecule has 1 aliphatic carbocycles. The van der Waals surface area contributed by atoms with E-state index in [9.17, 15) is 9.59 Å². The van der Waals surface area contributed by atoms with Gasteiger partial charge in [-0.2, -0.15) is 0 Å². The number of nitrogens with zero attached hydrogens (tertiary/aromatic N) is 1. The zero-order valence-corrected chi connectivity index (χ0v) is 9.32. The van der Waals surface area contributed by atoms with Crippen LogP contribution in [0.4, 0.5) is 0 Å². The van der Waals surface area contributed by atoms with Crippen LogP contribution in [-0.2, 0) is 9.59 Å². The summed E-state index contributed by atoms with van der Waals surface area (Å²) < 4.78 is 0. The number of rotatable bonds is 3. The summed E-state index contributed by atoms with van der Waals surface area (Å²) in [7, 11) is 1.65. The van der Waals surface area contributed by atoms with E-state index in [4.69, 9.17) is 5.84 Å². The minimum Gasteiger partial charge on any atom is -0.334 e. The Labute approximate surface area is 90.0 Å². The minimum absolute atomic E-state index is 0.101. The maximum absolute atomic E-state index is 11.6. The SMILES string of the molecule is CC(=O)N(C)C(C(=O)NN)C1CCCC1. The standard InChI is InChI=1S/C10H19N3O2/c1-7(14)13(2)9(10(15)12-11)8-5-3-4-6-8/h8-9H,3-6,11H2,1-2H3,(H,12,15). The molecule has 1 atom stereocenters. The molecule has 86 valence electrons. The average molecular weight is 213 g/mol. The summed E-state index contributed by atoms with van der Waals surface area (Å²) in [6.45, 7) is 1.46. The molecule has 5 nitrogen and oxygen atoms in total. The molecule has 2 amide bonds. The number of hydrazine groups is 1. The van der Waals surface area contributed by atoms with Gasteiger partial charge in [0.05, 0.1) is 0 Å². The van der Waals surface area contributed by atoms with Gasteiger partial charge < -0.3 is 4.90 Å². The van der Waals surface area contributed by atoms with E-state index in [1.165, 1.54) is 11.8 Å². The zero-order chi connectivity index (χ0) is 11.4. The maximum Gasteiger partial charge on any atom is 0.256 e. The van der Waals surface area contributed by atoms with Crippen LogP contribution >= 0.6 is 0 Å². The van der Waals surface area contributed by atoms with E-state index in [0.29, 0.717) is 0 Å². The second-order valence-corrected chi connectivity index (χ2v) is 4.13. The second-order valence-electron chi connectivity index (χ2n) is 4.13. The van der Waals surface area contributed by atoms with Crippen molar-refractivity contribution in [3.8, 4) is 0 Å². The topological polar surface area (TPSA) is 75.4 Å². The van der Waals surface area contributed by atoms with E-state index in [1.807, 2.05) is 0 Å². The normalized spacial score (nSPS) is 18.6. The largest absolute Gasteiger partial charge is 0.334 e. The van der Waals surface area contributed by atoms with Gasteiger partial charge in [-0.25, -0.2) is 5.84 Å². The summed E-state index contributed by atoms with van der Waals surface area (Å²) in [5.74, 6) is 5.03. The second kappa shape index (κ2) is 5.11. The summed E-state index contributed by atoms with van der Waals surface area (Å²) in [6.07, 6.45) is 4.25. The fourth-order valence-electron chi connectivity index (χ4n) is 2.26. The number of nitrogens with two attached hydrogens (primary N) is 1. The lowest BCUT2D eigenvalue weighted by Crippen LogP contribution is -2.52. The Kier molecular flexibility index (Phi) is 4.08. The molecule has 1 rings (SSSR count). The van der Waals surface area contributed by atoms with Gasteiger partial charge in [-0.05, 0) is 18.8 Å². The molecule has 0 aliphatic heterocycles. The number of likely N-dealkylation sites (N-methyl/N-ethyl adjacent to an activating group) is 1. The van der Waals surface area contributed by atoms with E-state index >= 15 is 0 Å². The van der Waals surface area contributed by atoms with E-state index in [2.05, 4.69) is 5.43 Å². The molecular weight excluding hydrogens is 194 g/mol. The highest BCUT2D eigenvalue weighted by atomic mass is 16.2. The highest BCUT2D eigenvalue weighted by Crippen LogP contribution is 2.30. The van der Waals surface area contributed by atoms with E-state index < -0.39 is 6.04 Å². The third kappa shape index (κ3) is 2.68. The molecule has 0 spiro atoms. The first-order valence-corrected chi connectivity index (χ1v) is 5.31. The van der Waals surface area contributed by atoms with Gasteiger partial charge in [0.15, 0.2) is 0 Å². The van der Waals surface area contributed by atoms with Crippen molar-refractivity contribution < 1.29 is 9.59 Å². The Hall–Kier alpha value is -1.10. The van der Waals surface area contributed by atoms with Gasteiger partial charge in [0.2, 0.25) is 5.91 Å². The van der Waals surface area contributed by atoms with Gasteiger partial charge in [-0.3, -0.25) is 15.0 Å². The van der Waals surface area contributed by atoms with Crippen LogP contribution in [0.25, 0.3) is 0 Å². The Balaban J connectivity index is 2.76. The van der Waals surface area contributed by atoms with Crippen molar-refractivity contribution in [2.45, 2.75) is 38.6 Å². The lowest BCUT2D eigenvalue weighted by molar-refractivity contribution is -0.139. The monoisotopic (exact) mass is 213 g/mol. The molecule has 0 heterocycles. The fraction of sp³-hybridized carbons (Fsp3) is 0.800. The predicted molar refractivity (Wildman–Crippen MR) is 56.5 cm³/mol. The Morgan fingerprint density at radius 3 is 2.33 bits per heavy atom. The molecule has 3 N–H and O–H groups in total. The first-order chi connectivity index (χ1) is 7.07. The molecular formula is C10H19N3O2. The van der Waals surface area contributed by atoms with Crippen molar-refractivity contribution in [2.24, 2.45) is 11.8 Å². The van der Waals surface area contributed by atoms with Crippen LogP contribution in [0.3, 0.4) is 0 Å². The number of carbonyl (C=O) groups is 2. The minimum atomic E-state index is -0.407. The molecule has 1 unspecified atom stereocenters. The van der Waals surface area contributed by atoms with E-state index in [-0.39, 0.29) is 17.7 Å². The van der Waals surface area contributed by atoms with Gasteiger partial charge in [0.25, 0.3) is 5.91 Å². The quantitative estimate of drug-likeness (QED) is 0.394. The Morgan fingerprint density at radius 1 is 1.40 bits per heavy atom. The van der Waals surface area contributed by atoms with Crippen LogP contribution in [0.5, 0.6) is 0 Å². The van der Waals surface area contributed by atoms with Crippen LogP contribution < -0.4 is 11.3 Å². The van der Waals surface area contributed by atoms with Crippen LogP contribution in [0.2, 0.25) is 0 Å². The molecule has 0 saturated heterocycles. The zero-order valence-electron chi connectivity index (χ0n) is 9.32. The van der Waals surface area contributed by atoms with Crippen molar-refractivity contribution in [1.29, 1.82) is 0 Å². The van der Waals surface area contributed by atoms with Crippen LogP contribution in [0, 0.1) is 5.92 Å². The van der Waals surface area contributed by atoms with Crippen molar-refractivity contribution in [3.05, 3.63) is 0 Å². The average Bonchev–Trinajstić information content (AvgIpc) is 2.70. The summed E-state index contributed by atoms with van der Waals surface area (Å²) in [5, 5.41) is 0. The number of hydrogen-bond acceptors (Lipinski definition) is 3. The summed E-state index contributed by atoms with van der Waals surface area (Å²) in [4.78, 5) is 24.4. The molecule has 0 aromatic carbocycles. The van der Waals surface area contributed by atoms with E-state index in [1.54, 1.807) is 7.05 Å². The Morgan fingerprint density at radius 2 is 1.93 bits per heavy atom. The number of amides is 2. The predicted octanol–water partition coefficient (Wildman–Crippen LogP) is 0.0134. The van der Waals surface area contributed by atoms with Crippen LogP contribution in [-0.4, -0.2) is 29.8 Å². The lowest BCUT2D eigenvalue weighted by atomic mass is 9.96. The molecule has 0 bridgehead atoms. The van der Waals surface area contributed by atoms with Gasteiger partial charge in [-0.1, -0.05) is 12.8 Å². The number of hydrogen-bond donors (Lipinski definition) is 2. The number of nitrogens with one attached hydrogen (secondary N) is 1. The lowest BCUT2D eigenvalue weighted by Gasteiger charge is -2.30. The maximum atomic E-state index is 11.6. The molecule has 1 saturated carbocycles. The molecule has 1 fully saturated rings. The number of carbonyl (C=O) groups excluding carboxylic acids is 2. The van der Waals surface area contributed by atoms with Crippen LogP contribution in [0.15, 0.2) is 0 Å². The highest BCUT2D eigenvalue weighted by Gasteiger charge is 2.34. The molecule has 15 heavy (non-hydrogen) atoms. The van der Waals surface area contributed by atoms with Gasteiger partial charge in [0, 0.05) is 14.0 Å². The summed E-state index contributed by atoms with van der Waals surface area (Å²) >= 11 is 0. The van der Waals surface area contributed by atoms with Crippen molar-refractivity contribution in [2.75, 3.05) is 7.05 Å². The molecule has 1 aliphatic rings. The van der Waals surface area contributed by atoms with Gasteiger partial charge >= 0.3 is 0 Å². The smallest absolute Gasteiger partial charge is 0.256 e. The van der Waals surface area contributed by atoms with Crippen molar-refractivity contribution in [1.82, 2.24) is 10.3 Å². The molecule has 0 aromatic heterocycles. The molecule has 0 aromatic rings. The molecule has 0 radical (unpaired) electrons. The van der Waals surface area contributed by atoms with E-state index in [0.717, 1.165) is 25.7 Å². The first kappa shape index (κ1) is 12.0. The van der Waals surface area contributed by atoms with Crippen LogP contribution in [0.1, 0.15) is 32.6 Å². The van der Waals surface area contributed by atoms with Gasteiger partial charge in [0.1, 0.15) is 6.04 Å². The van der Waals surface area contributed by atoms with Crippen molar-refractivity contribution >= 4 is 11.8 Å². The third-order valence-electron chi connectivity index (χ3n) is 3.17. The third-order valence-corrected chi connectivity index (χ3v) is 3.17. The Bertz CT molecular complexity index is 249. The van der Waals surface area contributed by atoms with Gasteiger partial charge in [-0.15, -0.1) is 0 Å². The fourth-order valence-corrected chi connectivity index (χ4v) is 2.26. The highest BCUT2D eigenvalue weighted by molar-refractivity contribution is 5.86. The first-order valence-electron chi connectivity index (χ1n) is 5.31. The van der Waals surface area contributed by atoms with Crippen molar-refractivity contribution in [3.63, 3.8) is 0 Å².